The van der Waals surface area contributed by atoms with Crippen LogP contribution in [0.1, 0.15) is 5.69 Å². The molecule has 1 aromatic carbocycles. The monoisotopic (exact) mass is 400 g/mol. The van der Waals surface area contributed by atoms with Crippen LogP contribution in [-0.2, 0) is 16.4 Å². The average Bonchev–Trinajstić information content (AvgIpc) is 3.00. The van der Waals surface area contributed by atoms with Gasteiger partial charge >= 0.3 is 0 Å². The van der Waals surface area contributed by atoms with Gasteiger partial charge in [-0.25, -0.2) is 22.5 Å². The number of sulfone groups is 1. The maximum absolute atomic E-state index is 14.1. The molecule has 1 N–H and O–H groups in total. The summed E-state index contributed by atoms with van der Waals surface area (Å²) in [5.74, 6) is -1.40. The maximum Gasteiger partial charge on any atom is 0.238 e. The third kappa shape index (κ3) is 3.74. The molecule has 10 heteroatoms. The van der Waals surface area contributed by atoms with E-state index in [1.165, 1.54) is 24.4 Å². The molecule has 3 rings (SSSR count). The predicted molar refractivity (Wildman–Crippen MR) is 93.2 cm³/mol. The second-order valence-corrected chi connectivity index (χ2v) is 7.08. The number of hydrogen-bond acceptors (Lipinski definition) is 5. The van der Waals surface area contributed by atoms with E-state index in [-0.39, 0.29) is 28.0 Å². The topological polar surface area (TPSA) is 76.9 Å². The lowest BCUT2D eigenvalue weighted by Gasteiger charge is -2.08. The number of nitrogens with one attached hydrogen (secondary N) is 1. The lowest BCUT2D eigenvalue weighted by Crippen LogP contribution is -2.12. The third-order valence-corrected chi connectivity index (χ3v) is 5.19. The number of halogens is 3. The van der Waals surface area contributed by atoms with Crippen LogP contribution in [0.25, 0.3) is 5.69 Å². The van der Waals surface area contributed by atoms with Gasteiger partial charge in [0.2, 0.25) is 15.8 Å². The molecular weight excluding hydrogens is 386 g/mol. The van der Waals surface area contributed by atoms with E-state index < -0.39 is 21.6 Å². The van der Waals surface area contributed by atoms with Crippen LogP contribution in [0, 0.1) is 11.8 Å². The first-order valence-corrected chi connectivity index (χ1v) is 8.77. The predicted octanol–water partition coefficient (Wildman–Crippen LogP) is 2.52. The average molecular weight is 401 g/mol. The molecule has 2 heterocycles. The Morgan fingerprint density at radius 1 is 1.15 bits per heavy atom. The highest BCUT2D eigenvalue weighted by Crippen LogP contribution is 2.25. The molecule has 0 aliphatic heterocycles. The van der Waals surface area contributed by atoms with Crippen molar-refractivity contribution in [2.24, 2.45) is 0 Å². The molecule has 0 amide bonds. The number of rotatable bonds is 5. The van der Waals surface area contributed by atoms with E-state index in [0.29, 0.717) is 12.2 Å². The maximum atomic E-state index is 14.1. The van der Waals surface area contributed by atoms with Gasteiger partial charge in [-0.2, -0.15) is 9.49 Å². The lowest BCUT2D eigenvalue weighted by molar-refractivity contribution is 0.554. The second kappa shape index (κ2) is 7.90. The summed E-state index contributed by atoms with van der Waals surface area (Å²) < 4.78 is 54.0. The minimum absolute atomic E-state index is 0. The molecule has 0 saturated heterocycles. The van der Waals surface area contributed by atoms with Crippen LogP contribution in [-0.4, -0.2) is 30.2 Å². The molecule has 6 nitrogen and oxygen atoms in total. The zero-order valence-corrected chi connectivity index (χ0v) is 15.2. The summed E-state index contributed by atoms with van der Waals surface area (Å²) in [6.45, 7) is 0.292. The summed E-state index contributed by atoms with van der Waals surface area (Å²) in [7, 11) is -2.36. The van der Waals surface area contributed by atoms with Crippen molar-refractivity contribution in [3.63, 3.8) is 0 Å². The largest absolute Gasteiger partial charge is 0.314 e. The number of benzene rings is 1. The van der Waals surface area contributed by atoms with Gasteiger partial charge in [0.05, 0.1) is 10.6 Å². The molecule has 0 unspecified atom stereocenters. The van der Waals surface area contributed by atoms with E-state index in [2.05, 4.69) is 15.4 Å². The van der Waals surface area contributed by atoms with Crippen molar-refractivity contribution < 1.29 is 17.2 Å². The molecule has 0 spiro atoms. The van der Waals surface area contributed by atoms with Crippen molar-refractivity contribution in [2.45, 2.75) is 16.5 Å². The molecule has 0 aliphatic rings. The van der Waals surface area contributed by atoms with Gasteiger partial charge in [0.25, 0.3) is 0 Å². The molecule has 0 fully saturated rings. The van der Waals surface area contributed by atoms with E-state index >= 15 is 0 Å². The number of aromatic nitrogens is 3. The Balaban J connectivity index is 0.00000243. The Bertz CT molecular complexity index is 1010. The minimum atomic E-state index is -4.04. The molecule has 0 saturated carbocycles. The van der Waals surface area contributed by atoms with Crippen molar-refractivity contribution in [3.05, 3.63) is 66.1 Å². The Morgan fingerprint density at radius 2 is 1.85 bits per heavy atom. The molecule has 0 bridgehead atoms. The SMILES string of the molecule is CNCc1cc(S(=O)(=O)c2ccc(F)cc2)n(-c2cccnc2F)n1.Cl. The van der Waals surface area contributed by atoms with Crippen LogP contribution >= 0.6 is 12.4 Å². The highest BCUT2D eigenvalue weighted by atomic mass is 35.5. The van der Waals surface area contributed by atoms with Crippen molar-refractivity contribution in [1.82, 2.24) is 20.1 Å². The smallest absolute Gasteiger partial charge is 0.238 e. The molecule has 26 heavy (non-hydrogen) atoms. The summed E-state index contributed by atoms with van der Waals surface area (Å²) in [4.78, 5) is 3.42. The van der Waals surface area contributed by atoms with Crippen LogP contribution in [0.2, 0.25) is 0 Å². The first-order chi connectivity index (χ1) is 11.9. The van der Waals surface area contributed by atoms with Crippen LogP contribution in [0.15, 0.2) is 58.6 Å². The van der Waals surface area contributed by atoms with E-state index in [1.807, 2.05) is 0 Å². The summed E-state index contributed by atoms with van der Waals surface area (Å²) in [6.07, 6.45) is 1.25. The van der Waals surface area contributed by atoms with Gasteiger partial charge in [-0.15, -0.1) is 12.4 Å². The molecule has 2 aromatic heterocycles. The van der Waals surface area contributed by atoms with Gasteiger partial charge in [0.15, 0.2) is 5.03 Å². The van der Waals surface area contributed by atoms with Gasteiger partial charge < -0.3 is 5.32 Å². The minimum Gasteiger partial charge on any atom is -0.314 e. The van der Waals surface area contributed by atoms with Crippen LogP contribution in [0.4, 0.5) is 8.78 Å². The molecule has 0 atom stereocenters. The summed E-state index contributed by atoms with van der Waals surface area (Å²) in [5, 5.41) is 6.80. The Morgan fingerprint density at radius 3 is 2.46 bits per heavy atom. The van der Waals surface area contributed by atoms with Crippen molar-refractivity contribution in [2.75, 3.05) is 7.05 Å². The number of hydrogen-bond donors (Lipinski definition) is 1. The van der Waals surface area contributed by atoms with E-state index in [4.69, 9.17) is 0 Å². The quantitative estimate of drug-likeness (QED) is 0.526. The van der Waals surface area contributed by atoms with E-state index in [1.54, 1.807) is 7.05 Å². The normalized spacial score (nSPS) is 11.2. The van der Waals surface area contributed by atoms with Crippen molar-refractivity contribution in [1.29, 1.82) is 0 Å². The third-order valence-electron chi connectivity index (χ3n) is 3.45. The first-order valence-electron chi connectivity index (χ1n) is 7.28. The van der Waals surface area contributed by atoms with Gasteiger partial charge in [0, 0.05) is 18.8 Å². The van der Waals surface area contributed by atoms with Crippen molar-refractivity contribution in [3.8, 4) is 5.69 Å². The van der Waals surface area contributed by atoms with E-state index in [9.17, 15) is 17.2 Å². The van der Waals surface area contributed by atoms with Gasteiger partial charge in [0.1, 0.15) is 11.5 Å². The van der Waals surface area contributed by atoms with Gasteiger partial charge in [-0.05, 0) is 43.4 Å². The highest BCUT2D eigenvalue weighted by Gasteiger charge is 2.26. The van der Waals surface area contributed by atoms with Crippen LogP contribution in [0.3, 0.4) is 0 Å². The zero-order chi connectivity index (χ0) is 18.0. The molecule has 3 aromatic rings. The fourth-order valence-electron chi connectivity index (χ4n) is 2.31. The first kappa shape index (κ1) is 20.0. The second-order valence-electron chi connectivity index (χ2n) is 5.19. The zero-order valence-electron chi connectivity index (χ0n) is 13.6. The van der Waals surface area contributed by atoms with Crippen LogP contribution in [0.5, 0.6) is 0 Å². The molecular formula is C16H15ClF2N4O2S. The van der Waals surface area contributed by atoms with E-state index in [0.717, 1.165) is 28.9 Å². The Labute approximate surface area is 155 Å². The lowest BCUT2D eigenvalue weighted by atomic mass is 10.4. The fraction of sp³-hybridized carbons (Fsp3) is 0.125. The number of pyridine rings is 1. The molecule has 138 valence electrons. The summed E-state index contributed by atoms with van der Waals surface area (Å²) >= 11 is 0. The fourth-order valence-corrected chi connectivity index (χ4v) is 3.71. The van der Waals surface area contributed by atoms with Gasteiger partial charge in [-0.1, -0.05) is 0 Å². The van der Waals surface area contributed by atoms with Crippen molar-refractivity contribution >= 4 is 22.2 Å². The highest BCUT2D eigenvalue weighted by molar-refractivity contribution is 7.91. The number of nitrogens with zero attached hydrogens (tertiary/aromatic N) is 3. The standard InChI is InChI=1S/C16H14F2N4O2S.ClH/c1-19-10-12-9-15(22(21-12)14-3-2-8-20-16(14)18)25(23,24)13-6-4-11(17)5-7-13;/h2-9,19H,10H2,1H3;1H. The molecule has 0 radical (unpaired) electrons. The Kier molecular flexibility index (Phi) is 6.06. The molecule has 0 aliphatic carbocycles. The summed E-state index contributed by atoms with van der Waals surface area (Å²) in [5.41, 5.74) is 0.317. The Hall–Kier alpha value is -2.36. The van der Waals surface area contributed by atoms with Gasteiger partial charge in [-0.3, -0.25) is 0 Å². The van der Waals surface area contributed by atoms with Crippen LogP contribution < -0.4 is 5.32 Å². The summed E-state index contributed by atoms with van der Waals surface area (Å²) in [6, 6.07) is 8.61.